The second-order valence-electron chi connectivity index (χ2n) is 3.45. The summed E-state index contributed by atoms with van der Waals surface area (Å²) in [4.78, 5) is 9.00. The molecule has 2 atom stereocenters. The van der Waals surface area contributed by atoms with E-state index in [0.29, 0.717) is 0 Å². The van der Waals surface area contributed by atoms with Gasteiger partial charge in [-0.1, -0.05) is 30.3 Å². The van der Waals surface area contributed by atoms with Gasteiger partial charge in [0.05, 0.1) is 6.10 Å². The SMILES string of the molecule is CC(=O)O.CN[C@@H](C)[C@@H](O)c1ccccc1.[CaH2]. The van der Waals surface area contributed by atoms with Crippen LogP contribution < -0.4 is 5.32 Å². The molecule has 0 aliphatic carbocycles. The summed E-state index contributed by atoms with van der Waals surface area (Å²) >= 11 is 0. The number of aliphatic hydroxyl groups excluding tert-OH is 1. The van der Waals surface area contributed by atoms with E-state index in [9.17, 15) is 5.11 Å². The molecule has 94 valence electrons. The van der Waals surface area contributed by atoms with Crippen molar-refractivity contribution in [1.29, 1.82) is 0 Å². The van der Waals surface area contributed by atoms with Gasteiger partial charge in [-0.15, -0.1) is 0 Å². The van der Waals surface area contributed by atoms with Crippen LogP contribution in [0.2, 0.25) is 0 Å². The molecule has 17 heavy (non-hydrogen) atoms. The van der Waals surface area contributed by atoms with Crippen LogP contribution in [0.15, 0.2) is 30.3 Å². The summed E-state index contributed by atoms with van der Waals surface area (Å²) in [7, 11) is 1.84. The Morgan fingerprint density at radius 2 is 1.71 bits per heavy atom. The van der Waals surface area contributed by atoms with E-state index in [0.717, 1.165) is 12.5 Å². The van der Waals surface area contributed by atoms with Gasteiger partial charge in [-0.05, 0) is 19.5 Å². The van der Waals surface area contributed by atoms with E-state index < -0.39 is 12.1 Å². The van der Waals surface area contributed by atoms with Gasteiger partial charge in [0.25, 0.3) is 5.97 Å². The van der Waals surface area contributed by atoms with E-state index in [1.165, 1.54) is 0 Å². The minimum atomic E-state index is -0.833. The van der Waals surface area contributed by atoms with Gasteiger partial charge in [-0.2, -0.15) is 0 Å². The van der Waals surface area contributed by atoms with Crippen LogP contribution in [-0.2, 0) is 4.79 Å². The fraction of sp³-hybridized carbons (Fsp3) is 0.417. The number of aliphatic carboxylic acids is 1. The third-order valence-electron chi connectivity index (χ3n) is 2.07. The topological polar surface area (TPSA) is 69.6 Å². The van der Waals surface area contributed by atoms with Crippen molar-refractivity contribution in [3.63, 3.8) is 0 Å². The maximum atomic E-state index is 9.73. The Bertz CT molecular complexity index is 302. The van der Waals surface area contributed by atoms with Crippen LogP contribution in [-0.4, -0.2) is 67.0 Å². The van der Waals surface area contributed by atoms with Gasteiger partial charge in [0.15, 0.2) is 0 Å². The molecule has 0 saturated heterocycles. The molecule has 0 heterocycles. The van der Waals surface area contributed by atoms with Gasteiger partial charge in [0.1, 0.15) is 0 Å². The van der Waals surface area contributed by atoms with Crippen LogP contribution in [0.3, 0.4) is 0 Å². The Morgan fingerprint density at radius 3 is 2.06 bits per heavy atom. The van der Waals surface area contributed by atoms with E-state index in [1.54, 1.807) is 0 Å². The van der Waals surface area contributed by atoms with Gasteiger partial charge >= 0.3 is 37.7 Å². The number of carboxylic acid groups (broad SMARTS) is 1. The zero-order chi connectivity index (χ0) is 12.6. The number of likely N-dealkylation sites (N-methyl/N-ethyl adjacent to an activating group) is 1. The average molecular weight is 267 g/mol. The van der Waals surface area contributed by atoms with Gasteiger partial charge in [0.2, 0.25) is 0 Å². The molecule has 0 bridgehead atoms. The molecule has 0 amide bonds. The number of benzene rings is 1. The minimum absolute atomic E-state index is 0. The van der Waals surface area contributed by atoms with Crippen molar-refractivity contribution in [1.82, 2.24) is 5.32 Å². The number of nitrogens with one attached hydrogen (secondary N) is 1. The molecule has 4 nitrogen and oxygen atoms in total. The summed E-state index contributed by atoms with van der Waals surface area (Å²) in [5, 5.41) is 20.2. The molecule has 0 fully saturated rings. The second kappa shape index (κ2) is 11.0. The maximum absolute atomic E-state index is 9.73. The second-order valence-corrected chi connectivity index (χ2v) is 3.45. The van der Waals surface area contributed by atoms with Crippen LogP contribution in [0.1, 0.15) is 25.5 Å². The molecule has 0 unspecified atom stereocenters. The number of hydrogen-bond donors (Lipinski definition) is 3. The van der Waals surface area contributed by atoms with Crippen LogP contribution in [0, 0.1) is 0 Å². The van der Waals surface area contributed by atoms with Crippen molar-refractivity contribution < 1.29 is 15.0 Å². The van der Waals surface area contributed by atoms with Crippen LogP contribution >= 0.6 is 0 Å². The molecule has 5 heteroatoms. The summed E-state index contributed by atoms with van der Waals surface area (Å²) in [5.41, 5.74) is 0.958. The Kier molecular flexibility index (Phi) is 12.4. The number of rotatable bonds is 3. The van der Waals surface area contributed by atoms with Crippen molar-refractivity contribution >= 4 is 43.7 Å². The first-order chi connectivity index (χ1) is 7.49. The predicted molar refractivity (Wildman–Crippen MR) is 71.8 cm³/mol. The predicted octanol–water partition coefficient (Wildman–Crippen LogP) is 0.503. The van der Waals surface area contributed by atoms with E-state index in [1.807, 2.05) is 44.3 Å². The van der Waals surface area contributed by atoms with Crippen molar-refractivity contribution in [3.05, 3.63) is 35.9 Å². The summed E-state index contributed by atoms with van der Waals surface area (Å²) in [5.74, 6) is -0.833. The van der Waals surface area contributed by atoms with E-state index in [-0.39, 0.29) is 43.8 Å². The Morgan fingerprint density at radius 1 is 1.29 bits per heavy atom. The van der Waals surface area contributed by atoms with E-state index in [4.69, 9.17) is 9.90 Å². The molecule has 0 saturated carbocycles. The summed E-state index contributed by atoms with van der Waals surface area (Å²) < 4.78 is 0. The summed E-state index contributed by atoms with van der Waals surface area (Å²) in [6.45, 7) is 3.04. The first-order valence-corrected chi connectivity index (χ1v) is 5.08. The molecule has 0 radical (unpaired) electrons. The molecule has 1 aromatic rings. The van der Waals surface area contributed by atoms with Gasteiger partial charge < -0.3 is 15.5 Å². The molecule has 1 aromatic carbocycles. The van der Waals surface area contributed by atoms with Gasteiger partial charge in [-0.3, -0.25) is 4.79 Å². The third-order valence-corrected chi connectivity index (χ3v) is 2.07. The Balaban J connectivity index is 0. The van der Waals surface area contributed by atoms with Gasteiger partial charge in [-0.25, -0.2) is 0 Å². The zero-order valence-corrected chi connectivity index (χ0v) is 9.84. The Labute approximate surface area is 132 Å². The molecule has 3 N–H and O–H groups in total. The normalized spacial score (nSPS) is 12.5. The third kappa shape index (κ3) is 9.56. The molecule has 0 aliphatic rings. The molecule has 1 rings (SSSR count). The molecule has 0 spiro atoms. The fourth-order valence-electron chi connectivity index (χ4n) is 1.10. The van der Waals surface area contributed by atoms with E-state index in [2.05, 4.69) is 5.32 Å². The summed E-state index contributed by atoms with van der Waals surface area (Å²) in [6.07, 6.45) is -0.420. The monoisotopic (exact) mass is 267 g/mol. The van der Waals surface area contributed by atoms with Crippen LogP contribution in [0.5, 0.6) is 0 Å². The Hall–Kier alpha value is -0.130. The fourth-order valence-corrected chi connectivity index (χ4v) is 1.10. The number of carboxylic acids is 1. The first kappa shape index (κ1) is 19.2. The standard InChI is InChI=1S/C10H15NO.C2H4O2.Ca.2H/c1-8(11-2)10(12)9-6-4-3-5-7-9;1-2(3)4;;;/h3-8,10-12H,1-2H3;1H3,(H,3,4);;;/t8-,10+;;;;/m0..../s1. The zero-order valence-electron chi connectivity index (χ0n) is 9.84. The molecular formula is C12H21CaNO3. The number of hydrogen-bond acceptors (Lipinski definition) is 3. The van der Waals surface area contributed by atoms with Crippen molar-refractivity contribution in [2.24, 2.45) is 0 Å². The molecular weight excluding hydrogens is 246 g/mol. The van der Waals surface area contributed by atoms with Crippen LogP contribution in [0.4, 0.5) is 0 Å². The average Bonchev–Trinajstić information content (AvgIpc) is 2.27. The van der Waals surface area contributed by atoms with E-state index >= 15 is 0 Å². The quantitative estimate of drug-likeness (QED) is 0.698. The van der Waals surface area contributed by atoms with Gasteiger partial charge in [0, 0.05) is 13.0 Å². The first-order valence-electron chi connectivity index (χ1n) is 5.08. The molecule has 0 aliphatic heterocycles. The number of aliphatic hydroxyl groups is 1. The summed E-state index contributed by atoms with van der Waals surface area (Å²) in [6, 6.07) is 9.76. The van der Waals surface area contributed by atoms with Crippen molar-refractivity contribution in [2.75, 3.05) is 7.05 Å². The van der Waals surface area contributed by atoms with Crippen LogP contribution in [0.25, 0.3) is 0 Å². The van der Waals surface area contributed by atoms with Crippen molar-refractivity contribution in [2.45, 2.75) is 26.0 Å². The molecule has 0 aromatic heterocycles. The van der Waals surface area contributed by atoms with Crippen molar-refractivity contribution in [3.8, 4) is 0 Å². The number of carbonyl (C=O) groups is 1.